The summed E-state index contributed by atoms with van der Waals surface area (Å²) in [5, 5.41) is 9.23. The van der Waals surface area contributed by atoms with Crippen molar-refractivity contribution in [3.05, 3.63) is 47.9 Å². The topological polar surface area (TPSA) is 92.6 Å². The molecule has 1 saturated heterocycles. The van der Waals surface area contributed by atoms with Crippen LogP contribution in [0, 0.1) is 0 Å². The third-order valence-electron chi connectivity index (χ3n) is 4.54. The summed E-state index contributed by atoms with van der Waals surface area (Å²) in [7, 11) is 1.51. The lowest BCUT2D eigenvalue weighted by atomic mass is 9.91. The molecule has 1 aromatic carbocycles. The molecule has 0 radical (unpaired) electrons. The zero-order valence-corrected chi connectivity index (χ0v) is 14.6. The van der Waals surface area contributed by atoms with E-state index in [2.05, 4.69) is 9.97 Å². The molecule has 1 unspecified atom stereocenters. The average molecular weight is 355 g/mol. The zero-order valence-electron chi connectivity index (χ0n) is 14.6. The van der Waals surface area contributed by atoms with E-state index in [1.54, 1.807) is 35.5 Å². The number of rotatable bonds is 5. The molecule has 1 aromatic heterocycles. The van der Waals surface area contributed by atoms with Crippen molar-refractivity contribution in [1.29, 1.82) is 0 Å². The Kier molecular flexibility index (Phi) is 5.58. The predicted molar refractivity (Wildman–Crippen MR) is 94.9 cm³/mol. The number of amides is 1. The minimum atomic E-state index is -0.980. The van der Waals surface area contributed by atoms with Crippen LogP contribution in [0.25, 0.3) is 11.3 Å². The van der Waals surface area contributed by atoms with Gasteiger partial charge in [-0.1, -0.05) is 12.1 Å². The Morgan fingerprint density at radius 2 is 2.12 bits per heavy atom. The number of carboxylic acids is 1. The number of hydrogen-bond acceptors (Lipinski definition) is 5. The van der Waals surface area contributed by atoms with Crippen LogP contribution in [-0.4, -0.2) is 58.7 Å². The first-order valence-corrected chi connectivity index (χ1v) is 8.51. The van der Waals surface area contributed by atoms with Crippen LogP contribution in [0.2, 0.25) is 0 Å². The van der Waals surface area contributed by atoms with Crippen molar-refractivity contribution in [2.75, 3.05) is 26.8 Å². The van der Waals surface area contributed by atoms with E-state index in [-0.39, 0.29) is 24.0 Å². The summed E-state index contributed by atoms with van der Waals surface area (Å²) < 4.78 is 4.95. The molecular formula is C19H21N3O4. The van der Waals surface area contributed by atoms with E-state index >= 15 is 0 Å². The van der Waals surface area contributed by atoms with E-state index in [9.17, 15) is 14.7 Å². The van der Waals surface area contributed by atoms with Gasteiger partial charge in [0.15, 0.2) is 0 Å². The van der Waals surface area contributed by atoms with Crippen molar-refractivity contribution in [3.8, 4) is 11.3 Å². The molecule has 0 spiro atoms. The molecular weight excluding hydrogens is 334 g/mol. The Hall–Kier alpha value is -2.80. The lowest BCUT2D eigenvalue weighted by Gasteiger charge is -2.33. The highest BCUT2D eigenvalue weighted by atomic mass is 16.5. The van der Waals surface area contributed by atoms with Crippen molar-refractivity contribution < 1.29 is 19.4 Å². The molecule has 7 heteroatoms. The summed E-state index contributed by atoms with van der Waals surface area (Å²) in [5.41, 5.74) is 2.39. The number of nitrogens with zero attached hydrogens (tertiary/aromatic N) is 3. The van der Waals surface area contributed by atoms with Gasteiger partial charge >= 0.3 is 5.97 Å². The Morgan fingerprint density at radius 3 is 2.88 bits per heavy atom. The second-order valence-electron chi connectivity index (χ2n) is 6.29. The van der Waals surface area contributed by atoms with Gasteiger partial charge in [-0.25, -0.2) is 4.79 Å². The van der Waals surface area contributed by atoms with E-state index < -0.39 is 5.97 Å². The number of piperidine rings is 1. The van der Waals surface area contributed by atoms with Crippen LogP contribution < -0.4 is 0 Å². The Bertz CT molecular complexity index is 809. The minimum Gasteiger partial charge on any atom is -0.478 e. The minimum absolute atomic E-state index is 0.0319. The van der Waals surface area contributed by atoms with Gasteiger partial charge in [0.05, 0.1) is 17.0 Å². The number of methoxy groups -OCH3 is 1. The number of aromatic carboxylic acids is 1. The maximum absolute atomic E-state index is 12.1. The highest BCUT2D eigenvalue weighted by Crippen LogP contribution is 2.32. The number of aromatic nitrogens is 2. The first-order valence-electron chi connectivity index (χ1n) is 8.51. The van der Waals surface area contributed by atoms with Gasteiger partial charge < -0.3 is 14.7 Å². The fourth-order valence-corrected chi connectivity index (χ4v) is 3.31. The monoisotopic (exact) mass is 355 g/mol. The molecule has 2 heterocycles. The molecule has 1 N–H and O–H groups in total. The normalized spacial score (nSPS) is 17.1. The van der Waals surface area contributed by atoms with Crippen molar-refractivity contribution in [1.82, 2.24) is 14.9 Å². The van der Waals surface area contributed by atoms with Crippen molar-refractivity contribution in [3.63, 3.8) is 0 Å². The number of likely N-dealkylation sites (tertiary alicyclic amines) is 1. The second kappa shape index (κ2) is 8.05. The Morgan fingerprint density at radius 1 is 1.31 bits per heavy atom. The van der Waals surface area contributed by atoms with Crippen LogP contribution in [0.4, 0.5) is 0 Å². The van der Waals surface area contributed by atoms with Crippen molar-refractivity contribution in [2.24, 2.45) is 0 Å². The standard InChI is InChI=1S/C19H21N3O4/c1-26-12-16(23)22-9-3-6-15(11-22)18-17(20-7-8-21-18)13-4-2-5-14(10-13)19(24)25/h2,4-5,7-8,10,15H,3,6,9,11-12H2,1H3,(H,24,25). The molecule has 1 aliphatic heterocycles. The van der Waals surface area contributed by atoms with E-state index in [0.717, 1.165) is 18.5 Å². The quantitative estimate of drug-likeness (QED) is 0.884. The number of hydrogen-bond donors (Lipinski definition) is 1. The summed E-state index contributed by atoms with van der Waals surface area (Å²) in [6, 6.07) is 6.68. The van der Waals surface area contributed by atoms with E-state index in [1.165, 1.54) is 7.11 Å². The fourth-order valence-electron chi connectivity index (χ4n) is 3.31. The van der Waals surface area contributed by atoms with Gasteiger partial charge in [-0.3, -0.25) is 14.8 Å². The highest BCUT2D eigenvalue weighted by Gasteiger charge is 2.27. The van der Waals surface area contributed by atoms with Crippen molar-refractivity contribution in [2.45, 2.75) is 18.8 Å². The number of carbonyl (C=O) groups excluding carboxylic acids is 1. The molecule has 1 fully saturated rings. The molecule has 26 heavy (non-hydrogen) atoms. The molecule has 0 bridgehead atoms. The third-order valence-corrected chi connectivity index (χ3v) is 4.54. The van der Waals surface area contributed by atoms with Crippen molar-refractivity contribution >= 4 is 11.9 Å². The van der Waals surface area contributed by atoms with Gasteiger partial charge in [0.25, 0.3) is 0 Å². The van der Waals surface area contributed by atoms with Gasteiger partial charge in [0.1, 0.15) is 6.61 Å². The summed E-state index contributed by atoms with van der Waals surface area (Å²) in [4.78, 5) is 34.2. The highest BCUT2D eigenvalue weighted by molar-refractivity contribution is 5.89. The average Bonchev–Trinajstić information content (AvgIpc) is 2.68. The molecule has 7 nitrogen and oxygen atoms in total. The number of benzene rings is 1. The fraction of sp³-hybridized carbons (Fsp3) is 0.368. The van der Waals surface area contributed by atoms with Crippen LogP contribution in [-0.2, 0) is 9.53 Å². The predicted octanol–water partition coefficient (Wildman–Crippen LogP) is 2.19. The maximum atomic E-state index is 12.1. The van der Waals surface area contributed by atoms with Crippen LogP contribution in [0.1, 0.15) is 34.8 Å². The molecule has 136 valence electrons. The molecule has 1 atom stereocenters. The SMILES string of the molecule is COCC(=O)N1CCCC(c2nccnc2-c2cccc(C(=O)O)c2)C1. The largest absolute Gasteiger partial charge is 0.478 e. The van der Waals surface area contributed by atoms with E-state index in [1.807, 2.05) is 6.07 Å². The van der Waals surface area contributed by atoms with Gasteiger partial charge in [-0.15, -0.1) is 0 Å². The van der Waals surface area contributed by atoms with Crippen LogP contribution in [0.5, 0.6) is 0 Å². The number of carboxylic acid groups (broad SMARTS) is 1. The lowest BCUT2D eigenvalue weighted by molar-refractivity contribution is -0.136. The number of ether oxygens (including phenoxy) is 1. The van der Waals surface area contributed by atoms with E-state index in [4.69, 9.17) is 4.74 Å². The smallest absolute Gasteiger partial charge is 0.335 e. The third kappa shape index (κ3) is 3.88. The maximum Gasteiger partial charge on any atom is 0.335 e. The first kappa shape index (κ1) is 18.0. The number of carbonyl (C=O) groups is 2. The Balaban J connectivity index is 1.91. The Labute approximate surface area is 151 Å². The molecule has 1 aliphatic rings. The summed E-state index contributed by atoms with van der Waals surface area (Å²) in [5.74, 6) is -0.955. The molecule has 0 aliphatic carbocycles. The van der Waals surface area contributed by atoms with Crippen LogP contribution in [0.15, 0.2) is 36.7 Å². The van der Waals surface area contributed by atoms with Gasteiger partial charge in [-0.05, 0) is 25.0 Å². The molecule has 2 aromatic rings. The molecule has 0 saturated carbocycles. The molecule has 3 rings (SSSR count). The zero-order chi connectivity index (χ0) is 18.5. The van der Waals surface area contributed by atoms with Crippen LogP contribution in [0.3, 0.4) is 0 Å². The summed E-state index contributed by atoms with van der Waals surface area (Å²) in [6.07, 6.45) is 5.02. The van der Waals surface area contributed by atoms with E-state index in [0.29, 0.717) is 24.3 Å². The van der Waals surface area contributed by atoms with Crippen LogP contribution >= 0.6 is 0 Å². The van der Waals surface area contributed by atoms with Gasteiger partial charge in [0, 0.05) is 44.1 Å². The van der Waals surface area contributed by atoms with Gasteiger partial charge in [0.2, 0.25) is 5.91 Å². The lowest BCUT2D eigenvalue weighted by Crippen LogP contribution is -2.41. The summed E-state index contributed by atoms with van der Waals surface area (Å²) >= 11 is 0. The van der Waals surface area contributed by atoms with Gasteiger partial charge in [-0.2, -0.15) is 0 Å². The molecule has 1 amide bonds. The first-order chi connectivity index (χ1) is 12.6. The second-order valence-corrected chi connectivity index (χ2v) is 6.29. The summed E-state index contributed by atoms with van der Waals surface area (Å²) in [6.45, 7) is 1.34.